The van der Waals surface area contributed by atoms with Crippen molar-refractivity contribution in [1.82, 2.24) is 0 Å². The smallest absolute Gasteiger partial charge is 0.123 e. The average Bonchev–Trinajstić information content (AvgIpc) is 2.30. The van der Waals surface area contributed by atoms with Crippen molar-refractivity contribution in [3.63, 3.8) is 0 Å². The molecule has 3 heteroatoms. The van der Waals surface area contributed by atoms with Gasteiger partial charge in [0.2, 0.25) is 0 Å². The van der Waals surface area contributed by atoms with Crippen LogP contribution in [-0.4, -0.2) is 13.2 Å². The lowest BCUT2D eigenvalue weighted by molar-refractivity contribution is 0.399. The molecule has 0 heterocycles. The molecule has 1 rings (SSSR count). The maximum Gasteiger partial charge on any atom is 0.123 e. The number of rotatable bonds is 6. The molecule has 2 N–H and O–H groups in total. The summed E-state index contributed by atoms with van der Waals surface area (Å²) in [5, 5.41) is 0. The van der Waals surface area contributed by atoms with Gasteiger partial charge in [0, 0.05) is 11.6 Å². The van der Waals surface area contributed by atoms with Gasteiger partial charge in [0.15, 0.2) is 0 Å². The zero-order valence-electron chi connectivity index (χ0n) is 10.9. The minimum absolute atomic E-state index is 0.184. The van der Waals surface area contributed by atoms with Crippen molar-refractivity contribution in [2.24, 2.45) is 5.73 Å². The van der Waals surface area contributed by atoms with E-state index in [4.69, 9.17) is 10.5 Å². The summed E-state index contributed by atoms with van der Waals surface area (Å²) in [7, 11) is 1.62. The topological polar surface area (TPSA) is 35.2 Å². The van der Waals surface area contributed by atoms with Gasteiger partial charge in [-0.15, -0.1) is 0 Å². The standard InChI is InChI=1S/C14H22FNO/c1-4-11(6-5-10(2)16)13-9-12(15)7-8-14(13)17-3/h7-11H,4-6,16H2,1-3H3. The van der Waals surface area contributed by atoms with Gasteiger partial charge in [0.25, 0.3) is 0 Å². The Morgan fingerprint density at radius 3 is 2.59 bits per heavy atom. The number of benzene rings is 1. The van der Waals surface area contributed by atoms with Crippen molar-refractivity contribution >= 4 is 0 Å². The molecule has 2 nitrogen and oxygen atoms in total. The number of nitrogens with two attached hydrogens (primary N) is 1. The highest BCUT2D eigenvalue weighted by Crippen LogP contribution is 2.33. The van der Waals surface area contributed by atoms with Gasteiger partial charge in [0.05, 0.1) is 7.11 Å². The molecule has 0 amide bonds. The summed E-state index contributed by atoms with van der Waals surface area (Å²) in [5.41, 5.74) is 6.72. The molecule has 0 bridgehead atoms. The molecule has 0 aliphatic carbocycles. The third-order valence-corrected chi connectivity index (χ3v) is 3.09. The fraction of sp³-hybridized carbons (Fsp3) is 0.571. The van der Waals surface area contributed by atoms with Crippen molar-refractivity contribution in [2.45, 2.75) is 45.1 Å². The van der Waals surface area contributed by atoms with Crippen molar-refractivity contribution in [3.8, 4) is 5.75 Å². The van der Waals surface area contributed by atoms with Gasteiger partial charge in [-0.05, 0) is 50.3 Å². The molecule has 17 heavy (non-hydrogen) atoms. The molecule has 2 atom stereocenters. The second-order valence-electron chi connectivity index (χ2n) is 4.55. The first kappa shape index (κ1) is 14.0. The Morgan fingerprint density at radius 1 is 1.35 bits per heavy atom. The summed E-state index contributed by atoms with van der Waals surface area (Å²) in [5.74, 6) is 0.870. The summed E-state index contributed by atoms with van der Waals surface area (Å²) in [6.45, 7) is 4.10. The first-order valence-corrected chi connectivity index (χ1v) is 6.17. The number of hydrogen-bond acceptors (Lipinski definition) is 2. The van der Waals surface area contributed by atoms with Crippen LogP contribution in [0.15, 0.2) is 18.2 Å². The Labute approximate surface area is 103 Å². The van der Waals surface area contributed by atoms with Gasteiger partial charge in [-0.2, -0.15) is 0 Å². The van der Waals surface area contributed by atoms with Crippen molar-refractivity contribution in [2.75, 3.05) is 7.11 Å². The van der Waals surface area contributed by atoms with E-state index < -0.39 is 0 Å². The Morgan fingerprint density at radius 2 is 2.06 bits per heavy atom. The van der Waals surface area contributed by atoms with Crippen LogP contribution >= 0.6 is 0 Å². The fourth-order valence-corrected chi connectivity index (χ4v) is 2.07. The zero-order valence-corrected chi connectivity index (χ0v) is 10.9. The summed E-state index contributed by atoms with van der Waals surface area (Å²) in [4.78, 5) is 0. The minimum atomic E-state index is -0.208. The van der Waals surface area contributed by atoms with E-state index in [9.17, 15) is 4.39 Å². The SMILES string of the molecule is CCC(CCC(C)N)c1cc(F)ccc1OC. The van der Waals surface area contributed by atoms with E-state index in [1.54, 1.807) is 19.2 Å². The van der Waals surface area contributed by atoms with Gasteiger partial charge in [0.1, 0.15) is 11.6 Å². The Bertz CT molecular complexity index is 352. The molecule has 96 valence electrons. The maximum absolute atomic E-state index is 13.3. The lowest BCUT2D eigenvalue weighted by Crippen LogP contribution is -2.16. The van der Waals surface area contributed by atoms with Crippen molar-refractivity contribution < 1.29 is 9.13 Å². The molecular weight excluding hydrogens is 217 g/mol. The zero-order chi connectivity index (χ0) is 12.8. The van der Waals surface area contributed by atoms with Gasteiger partial charge in [-0.25, -0.2) is 4.39 Å². The van der Waals surface area contributed by atoms with Crippen LogP contribution in [-0.2, 0) is 0 Å². The second-order valence-corrected chi connectivity index (χ2v) is 4.55. The van der Waals surface area contributed by atoms with Gasteiger partial charge >= 0.3 is 0 Å². The first-order valence-electron chi connectivity index (χ1n) is 6.17. The van der Waals surface area contributed by atoms with Crippen molar-refractivity contribution in [1.29, 1.82) is 0 Å². The maximum atomic E-state index is 13.3. The van der Waals surface area contributed by atoms with Crippen molar-refractivity contribution in [3.05, 3.63) is 29.6 Å². The third-order valence-electron chi connectivity index (χ3n) is 3.09. The van der Waals surface area contributed by atoms with Gasteiger partial charge < -0.3 is 10.5 Å². The number of ether oxygens (including phenoxy) is 1. The fourth-order valence-electron chi connectivity index (χ4n) is 2.07. The van der Waals surface area contributed by atoms with Crippen LogP contribution < -0.4 is 10.5 Å². The normalized spacial score (nSPS) is 14.4. The summed E-state index contributed by atoms with van der Waals surface area (Å²) >= 11 is 0. The third kappa shape index (κ3) is 4.00. The number of halogens is 1. The predicted octanol–water partition coefficient (Wildman–Crippen LogP) is 3.46. The molecule has 2 unspecified atom stereocenters. The van der Waals surface area contributed by atoms with E-state index in [0.717, 1.165) is 30.6 Å². The summed E-state index contributed by atoms with van der Waals surface area (Å²) in [6.07, 6.45) is 2.87. The van der Waals surface area contributed by atoms with Crippen LogP contribution in [0, 0.1) is 5.82 Å². The summed E-state index contributed by atoms with van der Waals surface area (Å²) in [6, 6.07) is 4.89. The molecular formula is C14H22FNO. The van der Waals surface area contributed by atoms with E-state index in [1.807, 2.05) is 6.92 Å². The molecule has 0 aliphatic rings. The van der Waals surface area contributed by atoms with Crippen LogP contribution in [0.5, 0.6) is 5.75 Å². The first-order chi connectivity index (χ1) is 8.08. The van der Waals surface area contributed by atoms with Crippen LogP contribution in [0.3, 0.4) is 0 Å². The Balaban J connectivity index is 2.89. The van der Waals surface area contributed by atoms with Crippen LogP contribution in [0.4, 0.5) is 4.39 Å². The second kappa shape index (κ2) is 6.60. The molecule has 0 spiro atoms. The molecule has 0 aliphatic heterocycles. The Hall–Kier alpha value is -1.09. The Kier molecular flexibility index (Phi) is 5.42. The van der Waals surface area contributed by atoms with E-state index in [0.29, 0.717) is 5.92 Å². The molecule has 0 saturated carbocycles. The molecule has 0 aromatic heterocycles. The largest absolute Gasteiger partial charge is 0.496 e. The molecule has 0 saturated heterocycles. The quantitative estimate of drug-likeness (QED) is 0.825. The van der Waals surface area contributed by atoms with Crippen LogP contribution in [0.1, 0.15) is 44.6 Å². The molecule has 1 aromatic rings. The minimum Gasteiger partial charge on any atom is -0.496 e. The highest BCUT2D eigenvalue weighted by Gasteiger charge is 2.15. The molecule has 1 aromatic carbocycles. The highest BCUT2D eigenvalue weighted by atomic mass is 19.1. The van der Waals surface area contributed by atoms with Gasteiger partial charge in [-0.1, -0.05) is 6.92 Å². The lowest BCUT2D eigenvalue weighted by Gasteiger charge is -2.19. The highest BCUT2D eigenvalue weighted by molar-refractivity contribution is 5.36. The predicted molar refractivity (Wildman–Crippen MR) is 68.9 cm³/mol. The average molecular weight is 239 g/mol. The number of methoxy groups -OCH3 is 1. The van der Waals surface area contributed by atoms with E-state index in [1.165, 1.54) is 6.07 Å². The number of hydrogen-bond donors (Lipinski definition) is 1. The monoisotopic (exact) mass is 239 g/mol. The van der Waals surface area contributed by atoms with Gasteiger partial charge in [-0.3, -0.25) is 0 Å². The molecule has 0 radical (unpaired) electrons. The van der Waals surface area contributed by atoms with E-state index in [2.05, 4.69) is 6.92 Å². The van der Waals surface area contributed by atoms with E-state index in [-0.39, 0.29) is 11.9 Å². The lowest BCUT2D eigenvalue weighted by atomic mass is 9.90. The van der Waals surface area contributed by atoms with E-state index >= 15 is 0 Å². The van der Waals surface area contributed by atoms with Crippen LogP contribution in [0.2, 0.25) is 0 Å². The van der Waals surface area contributed by atoms with Crippen LogP contribution in [0.25, 0.3) is 0 Å². The molecule has 0 fully saturated rings. The summed E-state index contributed by atoms with van der Waals surface area (Å²) < 4.78 is 18.6.